The number of hydrogen-bond donors (Lipinski definition) is 2. The van der Waals surface area contributed by atoms with Crippen molar-refractivity contribution >= 4 is 16.1 Å². The average Bonchev–Trinajstić information content (AvgIpc) is 1.98. The van der Waals surface area contributed by atoms with Crippen LogP contribution in [0, 0.1) is 0 Å². The lowest BCUT2D eigenvalue weighted by molar-refractivity contribution is -0.143. The molecule has 0 aromatic carbocycles. The number of carbonyl (C=O) groups excluding carboxylic acids is 1. The van der Waals surface area contributed by atoms with Crippen molar-refractivity contribution in [2.75, 3.05) is 12.4 Å². The van der Waals surface area contributed by atoms with Crippen LogP contribution in [0.25, 0.3) is 0 Å². The molecule has 0 heterocycles. The minimum atomic E-state index is -4.02. The van der Waals surface area contributed by atoms with Gasteiger partial charge in [-0.1, -0.05) is 13.3 Å². The molecule has 14 heavy (non-hydrogen) atoms. The van der Waals surface area contributed by atoms with Gasteiger partial charge in [0.25, 0.3) is 10.1 Å². The molecule has 0 aliphatic rings. The number of hydrogen-bond acceptors (Lipinski definition) is 5. The van der Waals surface area contributed by atoms with Crippen molar-refractivity contribution in [1.82, 2.24) is 6.15 Å². The lowest BCUT2D eigenvalue weighted by Crippen LogP contribution is -2.14. The van der Waals surface area contributed by atoms with Crippen molar-refractivity contribution in [3.05, 3.63) is 0 Å². The van der Waals surface area contributed by atoms with Gasteiger partial charge in [-0.25, -0.2) is 0 Å². The van der Waals surface area contributed by atoms with Gasteiger partial charge in [-0.2, -0.15) is 8.42 Å². The highest BCUT2D eigenvalue weighted by Gasteiger charge is 2.07. The summed E-state index contributed by atoms with van der Waals surface area (Å²) in [6.45, 7) is 1.66. The summed E-state index contributed by atoms with van der Waals surface area (Å²) in [5.74, 6) is -0.962. The minimum absolute atomic E-state index is 0. The first-order valence-corrected chi connectivity index (χ1v) is 5.67. The fraction of sp³-hybridized carbons (Fsp3) is 0.857. The van der Waals surface area contributed by atoms with Gasteiger partial charge in [-0.15, -0.1) is 0 Å². The number of rotatable bonds is 6. The van der Waals surface area contributed by atoms with Crippen LogP contribution in [-0.2, 0) is 19.6 Å². The molecule has 0 fully saturated rings. The van der Waals surface area contributed by atoms with Crippen molar-refractivity contribution in [1.29, 1.82) is 0 Å². The first kappa shape index (κ1) is 15.8. The summed E-state index contributed by atoms with van der Waals surface area (Å²) in [4.78, 5) is 10.8. The monoisotopic (exact) mass is 227 g/mol. The Labute approximate surface area is 84.0 Å². The quantitative estimate of drug-likeness (QED) is 0.511. The Kier molecular flexibility index (Phi) is 8.71. The summed E-state index contributed by atoms with van der Waals surface area (Å²) in [6.07, 6.45) is 1.90. The highest BCUT2D eigenvalue weighted by Crippen LogP contribution is 1.96. The Morgan fingerprint density at radius 3 is 2.43 bits per heavy atom. The molecule has 0 aliphatic carbocycles. The Balaban J connectivity index is 0. The molecule has 0 saturated carbocycles. The average molecular weight is 227 g/mol. The molecule has 0 saturated heterocycles. The molecular formula is C7H17NO5S. The molecule has 0 aliphatic heterocycles. The second-order valence-corrected chi connectivity index (χ2v) is 4.18. The van der Waals surface area contributed by atoms with Crippen molar-refractivity contribution in [2.24, 2.45) is 0 Å². The Bertz CT molecular complexity index is 249. The Morgan fingerprint density at radius 1 is 1.43 bits per heavy atom. The van der Waals surface area contributed by atoms with Gasteiger partial charge >= 0.3 is 5.97 Å². The fourth-order valence-electron chi connectivity index (χ4n) is 0.654. The third kappa shape index (κ3) is 11.3. The second kappa shape index (κ2) is 7.72. The van der Waals surface area contributed by atoms with E-state index in [1.807, 2.05) is 6.92 Å². The van der Waals surface area contributed by atoms with Crippen molar-refractivity contribution < 1.29 is 22.5 Å². The molecule has 0 spiro atoms. The van der Waals surface area contributed by atoms with Crippen LogP contribution >= 0.6 is 0 Å². The van der Waals surface area contributed by atoms with Crippen LogP contribution in [0.15, 0.2) is 0 Å². The van der Waals surface area contributed by atoms with Crippen LogP contribution in [0.1, 0.15) is 26.2 Å². The smallest absolute Gasteiger partial charge is 0.305 e. The van der Waals surface area contributed by atoms with Gasteiger partial charge in [0.2, 0.25) is 0 Å². The Hall–Kier alpha value is -0.660. The summed E-state index contributed by atoms with van der Waals surface area (Å²) in [5, 5.41) is 0. The van der Waals surface area contributed by atoms with E-state index < -0.39 is 21.8 Å². The predicted octanol–water partition coefficient (Wildman–Crippen LogP) is 0.770. The maximum atomic E-state index is 10.8. The molecule has 86 valence electrons. The first-order chi connectivity index (χ1) is 5.95. The van der Waals surface area contributed by atoms with Gasteiger partial charge in [0.15, 0.2) is 0 Å². The summed E-state index contributed by atoms with van der Waals surface area (Å²) < 4.78 is 33.2. The fourth-order valence-corrected chi connectivity index (χ4v) is 0.948. The molecule has 0 amide bonds. The van der Waals surface area contributed by atoms with E-state index in [0.717, 1.165) is 12.8 Å². The van der Waals surface area contributed by atoms with Crippen LogP contribution in [-0.4, -0.2) is 31.3 Å². The molecule has 0 unspecified atom stereocenters. The lowest BCUT2D eigenvalue weighted by Gasteiger charge is -2.01. The highest BCUT2D eigenvalue weighted by atomic mass is 32.2. The largest absolute Gasteiger partial charge is 0.464 e. The lowest BCUT2D eigenvalue weighted by atomic mass is 10.3. The van der Waals surface area contributed by atoms with E-state index in [1.165, 1.54) is 0 Å². The van der Waals surface area contributed by atoms with Crippen molar-refractivity contribution in [3.63, 3.8) is 0 Å². The van der Waals surface area contributed by atoms with E-state index in [0.29, 0.717) is 6.42 Å². The van der Waals surface area contributed by atoms with Crippen LogP contribution in [0.5, 0.6) is 0 Å². The zero-order valence-electron chi connectivity index (χ0n) is 8.23. The highest BCUT2D eigenvalue weighted by molar-refractivity contribution is 7.85. The van der Waals surface area contributed by atoms with E-state index >= 15 is 0 Å². The van der Waals surface area contributed by atoms with Gasteiger partial charge in [0.1, 0.15) is 12.4 Å². The van der Waals surface area contributed by atoms with E-state index in [-0.39, 0.29) is 12.8 Å². The number of ether oxygens (including phenoxy) is 1. The van der Waals surface area contributed by atoms with E-state index in [1.54, 1.807) is 0 Å². The van der Waals surface area contributed by atoms with Crippen LogP contribution in [0.2, 0.25) is 0 Å². The third-order valence-corrected chi connectivity index (χ3v) is 2.02. The van der Waals surface area contributed by atoms with Crippen LogP contribution in [0.4, 0.5) is 0 Å². The van der Waals surface area contributed by atoms with Crippen LogP contribution < -0.4 is 6.15 Å². The summed E-state index contributed by atoms with van der Waals surface area (Å²) >= 11 is 0. The molecular weight excluding hydrogens is 210 g/mol. The topological polar surface area (TPSA) is 116 Å². The van der Waals surface area contributed by atoms with E-state index in [2.05, 4.69) is 4.74 Å². The van der Waals surface area contributed by atoms with Crippen LogP contribution in [0.3, 0.4) is 0 Å². The normalized spacial score (nSPS) is 10.4. The standard InChI is InChI=1S/C7H14O5S.H3N/c1-2-3-4-7(8)12-5-6-13(9,10)11;/h2-6H2,1H3,(H,9,10,11);1H3. The van der Waals surface area contributed by atoms with Gasteiger partial charge in [-0.3, -0.25) is 9.35 Å². The molecule has 4 N–H and O–H groups in total. The molecule has 0 atom stereocenters. The summed E-state index contributed by atoms with van der Waals surface area (Å²) in [7, 11) is -4.02. The number of carbonyl (C=O) groups is 1. The minimum Gasteiger partial charge on any atom is -0.464 e. The maximum absolute atomic E-state index is 10.8. The molecule has 0 aromatic heterocycles. The molecule has 0 radical (unpaired) electrons. The molecule has 0 aromatic rings. The van der Waals surface area contributed by atoms with E-state index in [4.69, 9.17) is 4.55 Å². The zero-order valence-corrected chi connectivity index (χ0v) is 9.05. The number of esters is 1. The van der Waals surface area contributed by atoms with Gasteiger partial charge in [0, 0.05) is 6.42 Å². The molecule has 6 nitrogen and oxygen atoms in total. The summed E-state index contributed by atoms with van der Waals surface area (Å²) in [6, 6.07) is 0. The second-order valence-electron chi connectivity index (χ2n) is 2.61. The number of unbranched alkanes of at least 4 members (excludes halogenated alkanes) is 1. The molecule has 7 heteroatoms. The van der Waals surface area contributed by atoms with Gasteiger partial charge in [-0.05, 0) is 6.42 Å². The predicted molar refractivity (Wildman–Crippen MR) is 51.9 cm³/mol. The first-order valence-electron chi connectivity index (χ1n) is 4.06. The Morgan fingerprint density at radius 2 is 2.00 bits per heavy atom. The molecule has 0 bridgehead atoms. The maximum Gasteiger partial charge on any atom is 0.305 e. The van der Waals surface area contributed by atoms with E-state index in [9.17, 15) is 13.2 Å². The van der Waals surface area contributed by atoms with Gasteiger partial charge < -0.3 is 10.9 Å². The SMILES string of the molecule is CCCCC(=O)OCCS(=O)(=O)O.N. The summed E-state index contributed by atoms with van der Waals surface area (Å²) in [5.41, 5.74) is 0. The zero-order chi connectivity index (χ0) is 10.3. The molecule has 0 rings (SSSR count). The third-order valence-electron chi connectivity index (χ3n) is 1.34. The van der Waals surface area contributed by atoms with Crippen molar-refractivity contribution in [3.8, 4) is 0 Å². The van der Waals surface area contributed by atoms with Gasteiger partial charge in [0.05, 0.1) is 0 Å². The van der Waals surface area contributed by atoms with Crippen molar-refractivity contribution in [2.45, 2.75) is 26.2 Å².